The summed E-state index contributed by atoms with van der Waals surface area (Å²) in [6.07, 6.45) is 1.38. The third-order valence-corrected chi connectivity index (χ3v) is 2.12. The van der Waals surface area contributed by atoms with Gasteiger partial charge in [-0.2, -0.15) is 0 Å². The van der Waals surface area contributed by atoms with Crippen molar-refractivity contribution in [2.45, 2.75) is 0 Å². The van der Waals surface area contributed by atoms with Gasteiger partial charge in [-0.25, -0.2) is 9.67 Å². The van der Waals surface area contributed by atoms with Gasteiger partial charge in [0, 0.05) is 0 Å². The molecular formula is C7H6N10O. The monoisotopic (exact) mass is 246 g/mol. The SMILES string of the molecule is NC(=NO)c1ncn(-c2ccc3nnnn3n2)n1. The summed E-state index contributed by atoms with van der Waals surface area (Å²) in [5, 5.41) is 30.2. The number of nitrogens with two attached hydrogens (primary N) is 1. The first-order valence-corrected chi connectivity index (χ1v) is 4.73. The topological polar surface area (TPSA) is 145 Å². The molecule has 0 bridgehead atoms. The normalized spacial score (nSPS) is 12.1. The van der Waals surface area contributed by atoms with Crippen molar-refractivity contribution in [3.05, 3.63) is 24.3 Å². The minimum Gasteiger partial charge on any atom is -0.409 e. The van der Waals surface area contributed by atoms with Gasteiger partial charge in [-0.3, -0.25) is 0 Å². The van der Waals surface area contributed by atoms with E-state index in [1.54, 1.807) is 12.1 Å². The Kier molecular flexibility index (Phi) is 2.08. The standard InChI is InChI=1S/C7H6N10O/c8-6(13-18)7-9-3-16(12-7)5-2-1-4-10-14-15-17(4)11-5/h1-3,18H,(H2,8,13). The molecule has 3 rings (SSSR count). The maximum atomic E-state index is 8.51. The molecule has 11 nitrogen and oxygen atoms in total. The predicted octanol–water partition coefficient (Wildman–Crippen LogP) is -1.81. The maximum Gasteiger partial charge on any atom is 0.220 e. The van der Waals surface area contributed by atoms with Crippen molar-refractivity contribution in [2.24, 2.45) is 10.9 Å². The summed E-state index contributed by atoms with van der Waals surface area (Å²) in [6.45, 7) is 0. The lowest BCUT2D eigenvalue weighted by Gasteiger charge is -1.97. The Morgan fingerprint density at radius 2 is 2.22 bits per heavy atom. The second-order valence-corrected chi connectivity index (χ2v) is 3.22. The number of aromatic nitrogens is 8. The van der Waals surface area contributed by atoms with Crippen molar-refractivity contribution in [3.8, 4) is 5.82 Å². The van der Waals surface area contributed by atoms with Gasteiger partial charge in [0.05, 0.1) is 0 Å². The van der Waals surface area contributed by atoms with Crippen LogP contribution >= 0.6 is 0 Å². The Hall–Kier alpha value is -3.11. The van der Waals surface area contributed by atoms with Crippen LogP contribution in [0, 0.1) is 0 Å². The fraction of sp³-hybridized carbons (Fsp3) is 0. The largest absolute Gasteiger partial charge is 0.409 e. The first-order valence-electron chi connectivity index (χ1n) is 4.73. The highest BCUT2D eigenvalue weighted by Crippen LogP contribution is 2.03. The first-order chi connectivity index (χ1) is 8.78. The highest BCUT2D eigenvalue weighted by atomic mass is 16.4. The van der Waals surface area contributed by atoms with Gasteiger partial charge in [-0.15, -0.1) is 19.9 Å². The van der Waals surface area contributed by atoms with Crippen molar-refractivity contribution < 1.29 is 5.21 Å². The fourth-order valence-electron chi connectivity index (χ4n) is 1.30. The molecule has 18 heavy (non-hydrogen) atoms. The van der Waals surface area contributed by atoms with Crippen LogP contribution in [0.4, 0.5) is 0 Å². The molecule has 3 aromatic rings. The van der Waals surface area contributed by atoms with E-state index in [1.807, 2.05) is 0 Å². The van der Waals surface area contributed by atoms with Gasteiger partial charge in [-0.1, -0.05) is 5.16 Å². The van der Waals surface area contributed by atoms with Crippen LogP contribution in [0.15, 0.2) is 23.6 Å². The zero-order valence-corrected chi connectivity index (χ0v) is 8.78. The summed E-state index contributed by atoms with van der Waals surface area (Å²) in [5.41, 5.74) is 5.87. The van der Waals surface area contributed by atoms with Gasteiger partial charge in [0.2, 0.25) is 11.7 Å². The van der Waals surface area contributed by atoms with Crippen LogP contribution in [0.2, 0.25) is 0 Å². The lowest BCUT2D eigenvalue weighted by Crippen LogP contribution is -2.15. The van der Waals surface area contributed by atoms with Crippen molar-refractivity contribution in [1.82, 2.24) is 40.0 Å². The van der Waals surface area contributed by atoms with E-state index < -0.39 is 0 Å². The van der Waals surface area contributed by atoms with E-state index in [0.717, 1.165) is 0 Å². The Balaban J connectivity index is 2.05. The molecule has 0 spiro atoms. The Labute approximate surface area is 98.5 Å². The van der Waals surface area contributed by atoms with Gasteiger partial charge in [0.1, 0.15) is 6.33 Å². The van der Waals surface area contributed by atoms with E-state index in [0.29, 0.717) is 11.5 Å². The molecule has 0 saturated heterocycles. The molecule has 0 atom stereocenters. The zero-order valence-electron chi connectivity index (χ0n) is 8.78. The summed E-state index contributed by atoms with van der Waals surface area (Å²) in [7, 11) is 0. The Morgan fingerprint density at radius 3 is 3.06 bits per heavy atom. The molecule has 3 heterocycles. The van der Waals surface area contributed by atoms with Crippen molar-refractivity contribution in [2.75, 3.05) is 0 Å². The van der Waals surface area contributed by atoms with Gasteiger partial charge in [0.15, 0.2) is 11.5 Å². The van der Waals surface area contributed by atoms with Crippen LogP contribution in [0.5, 0.6) is 0 Å². The van der Waals surface area contributed by atoms with Gasteiger partial charge < -0.3 is 10.9 Å². The van der Waals surface area contributed by atoms with E-state index in [4.69, 9.17) is 10.9 Å². The number of amidine groups is 1. The number of rotatable bonds is 2. The lowest BCUT2D eigenvalue weighted by molar-refractivity contribution is 0.318. The number of hydrogen-bond acceptors (Lipinski definition) is 8. The highest BCUT2D eigenvalue weighted by molar-refractivity contribution is 5.93. The van der Waals surface area contributed by atoms with Gasteiger partial charge in [-0.05, 0) is 22.6 Å². The molecule has 90 valence electrons. The molecule has 0 saturated carbocycles. The highest BCUT2D eigenvalue weighted by Gasteiger charge is 2.09. The quantitative estimate of drug-likeness (QED) is 0.233. The Bertz CT molecular complexity index is 726. The van der Waals surface area contributed by atoms with E-state index in [9.17, 15) is 0 Å². The molecule has 0 amide bonds. The van der Waals surface area contributed by atoms with Crippen LogP contribution in [-0.2, 0) is 0 Å². The van der Waals surface area contributed by atoms with Crippen LogP contribution in [-0.4, -0.2) is 51.1 Å². The maximum absolute atomic E-state index is 8.51. The molecule has 3 N–H and O–H groups in total. The molecule has 3 aromatic heterocycles. The molecule has 0 aliphatic carbocycles. The van der Waals surface area contributed by atoms with Gasteiger partial charge in [0.25, 0.3) is 0 Å². The van der Waals surface area contributed by atoms with Crippen LogP contribution in [0.25, 0.3) is 11.5 Å². The lowest BCUT2D eigenvalue weighted by atomic mass is 10.5. The molecule has 0 aromatic carbocycles. The third-order valence-electron chi connectivity index (χ3n) is 2.12. The summed E-state index contributed by atoms with van der Waals surface area (Å²) >= 11 is 0. The smallest absolute Gasteiger partial charge is 0.220 e. The Morgan fingerprint density at radius 1 is 1.33 bits per heavy atom. The average Bonchev–Trinajstić information content (AvgIpc) is 3.05. The van der Waals surface area contributed by atoms with Crippen molar-refractivity contribution in [1.29, 1.82) is 0 Å². The number of nitrogens with zero attached hydrogens (tertiary/aromatic N) is 9. The van der Waals surface area contributed by atoms with Crippen LogP contribution < -0.4 is 5.73 Å². The predicted molar refractivity (Wildman–Crippen MR) is 56.0 cm³/mol. The summed E-state index contributed by atoms with van der Waals surface area (Å²) in [6, 6.07) is 3.34. The molecule has 0 aliphatic rings. The van der Waals surface area contributed by atoms with Crippen LogP contribution in [0.3, 0.4) is 0 Å². The second-order valence-electron chi connectivity index (χ2n) is 3.22. The van der Waals surface area contributed by atoms with Crippen molar-refractivity contribution in [3.63, 3.8) is 0 Å². The number of fused-ring (bicyclic) bond motifs is 1. The molecule has 0 aliphatic heterocycles. The van der Waals surface area contributed by atoms with E-state index in [2.05, 4.69) is 35.9 Å². The van der Waals surface area contributed by atoms with Gasteiger partial charge >= 0.3 is 0 Å². The van der Waals surface area contributed by atoms with E-state index in [-0.39, 0.29) is 11.7 Å². The molecular weight excluding hydrogens is 240 g/mol. The minimum absolute atomic E-state index is 0.0936. The number of oxime groups is 1. The first kappa shape index (κ1) is 10.1. The molecule has 11 heteroatoms. The van der Waals surface area contributed by atoms with E-state index >= 15 is 0 Å². The van der Waals surface area contributed by atoms with Crippen LogP contribution in [0.1, 0.15) is 5.82 Å². The second kappa shape index (κ2) is 3.73. The number of tetrazole rings is 1. The summed E-state index contributed by atoms with van der Waals surface area (Å²) < 4.78 is 2.61. The summed E-state index contributed by atoms with van der Waals surface area (Å²) in [5.74, 6) is 0.354. The number of hydrogen-bond donors (Lipinski definition) is 2. The van der Waals surface area contributed by atoms with E-state index in [1.165, 1.54) is 15.6 Å². The zero-order chi connectivity index (χ0) is 12.5. The minimum atomic E-state index is -0.183. The average molecular weight is 246 g/mol. The fourth-order valence-corrected chi connectivity index (χ4v) is 1.30. The molecule has 0 fully saturated rings. The molecule has 0 unspecified atom stereocenters. The third kappa shape index (κ3) is 1.50. The van der Waals surface area contributed by atoms with Crippen molar-refractivity contribution >= 4 is 11.5 Å². The summed E-state index contributed by atoms with van der Waals surface area (Å²) in [4.78, 5) is 3.87. The molecule has 0 radical (unpaired) electrons.